The van der Waals surface area contributed by atoms with Gasteiger partial charge in [-0.1, -0.05) is 11.6 Å². The van der Waals surface area contributed by atoms with Gasteiger partial charge in [0.2, 0.25) is 5.75 Å². The maximum Gasteiger partial charge on any atom is 0.342 e. The topological polar surface area (TPSA) is 193 Å². The van der Waals surface area contributed by atoms with Crippen LogP contribution in [0.2, 0.25) is 5.02 Å². The van der Waals surface area contributed by atoms with E-state index in [2.05, 4.69) is 0 Å². The molecular weight excluding hydrogens is 546 g/mol. The number of aliphatic carboxylic acids is 1. The maximum atomic E-state index is 13.1. The number of nitro groups is 1. The van der Waals surface area contributed by atoms with Gasteiger partial charge in [0.05, 0.1) is 28.7 Å². The van der Waals surface area contributed by atoms with E-state index in [1.54, 1.807) is 0 Å². The summed E-state index contributed by atoms with van der Waals surface area (Å²) < 4.78 is 31.6. The first-order valence-corrected chi connectivity index (χ1v) is 11.6. The van der Waals surface area contributed by atoms with Gasteiger partial charge in [-0.2, -0.15) is 0 Å². The maximum absolute atomic E-state index is 13.1. The molecule has 214 valence electrons. The van der Waals surface area contributed by atoms with E-state index in [1.807, 2.05) is 0 Å². The Morgan fingerprint density at radius 2 is 1.67 bits per heavy atom. The first-order valence-electron chi connectivity index (χ1n) is 11.2. The van der Waals surface area contributed by atoms with Crippen molar-refractivity contribution in [1.29, 1.82) is 0 Å². The van der Waals surface area contributed by atoms with Crippen molar-refractivity contribution in [2.45, 2.75) is 32.3 Å². The Hall–Kier alpha value is -4.01. The largest absolute Gasteiger partial charge is 0.507 e. The van der Waals surface area contributed by atoms with Crippen molar-refractivity contribution in [3.8, 4) is 28.7 Å². The van der Waals surface area contributed by atoms with Gasteiger partial charge in [-0.25, -0.2) is 4.79 Å². The lowest BCUT2D eigenvalue weighted by atomic mass is 10.0. The van der Waals surface area contributed by atoms with Crippen LogP contribution in [0.1, 0.15) is 34.8 Å². The molecule has 0 heterocycles. The minimum absolute atomic E-state index is 0.0386. The molecule has 2 aromatic carbocycles. The molecule has 2 aromatic rings. The summed E-state index contributed by atoms with van der Waals surface area (Å²) in [4.78, 5) is 35.3. The third-order valence-corrected chi connectivity index (χ3v) is 5.66. The summed E-state index contributed by atoms with van der Waals surface area (Å²) >= 11 is 6.08. The number of rotatable bonds is 15. The second-order valence-electron chi connectivity index (χ2n) is 7.99. The van der Waals surface area contributed by atoms with E-state index in [0.29, 0.717) is 0 Å². The molecule has 0 radical (unpaired) electrons. The Morgan fingerprint density at radius 3 is 2.23 bits per heavy atom. The number of esters is 1. The number of ether oxygens (including phenoxy) is 6. The van der Waals surface area contributed by atoms with Gasteiger partial charge in [0.15, 0.2) is 25.1 Å². The third kappa shape index (κ3) is 7.75. The van der Waals surface area contributed by atoms with Crippen LogP contribution in [0.3, 0.4) is 0 Å². The zero-order valence-corrected chi connectivity index (χ0v) is 22.3. The Labute approximate surface area is 227 Å². The van der Waals surface area contributed by atoms with Crippen LogP contribution in [0, 0.1) is 10.1 Å². The van der Waals surface area contributed by atoms with Crippen LogP contribution < -0.4 is 14.2 Å². The van der Waals surface area contributed by atoms with Crippen LogP contribution in [0.25, 0.3) is 0 Å². The molecular formula is C24H28ClNO13. The zero-order valence-electron chi connectivity index (χ0n) is 21.5. The highest BCUT2D eigenvalue weighted by Gasteiger charge is 2.31. The fourth-order valence-corrected chi connectivity index (χ4v) is 3.91. The highest BCUT2D eigenvalue weighted by Crippen LogP contribution is 2.45. The highest BCUT2D eigenvalue weighted by atomic mass is 35.5. The van der Waals surface area contributed by atoms with Crippen LogP contribution in [0.5, 0.6) is 28.7 Å². The van der Waals surface area contributed by atoms with Crippen LogP contribution in [0.15, 0.2) is 12.1 Å². The van der Waals surface area contributed by atoms with Gasteiger partial charge in [-0.3, -0.25) is 14.9 Å². The number of phenols is 2. The molecule has 14 nitrogen and oxygen atoms in total. The van der Waals surface area contributed by atoms with Gasteiger partial charge in [-0.15, -0.1) is 0 Å². The normalized spacial score (nSPS) is 11.5. The Kier molecular flexibility index (Phi) is 11.4. The minimum Gasteiger partial charge on any atom is -0.507 e. The Bertz CT molecular complexity index is 1220. The Morgan fingerprint density at radius 1 is 1.03 bits per heavy atom. The first kappa shape index (κ1) is 31.2. The minimum atomic E-state index is -1.20. The number of carbonyl (C=O) groups is 2. The number of hydrogen-bond acceptors (Lipinski definition) is 12. The number of carboxylic acid groups (broad SMARTS) is 1. The lowest BCUT2D eigenvalue weighted by molar-refractivity contribution is -0.386. The molecule has 0 aliphatic rings. The summed E-state index contributed by atoms with van der Waals surface area (Å²) in [7, 11) is 3.97. The lowest BCUT2D eigenvalue weighted by Gasteiger charge is -2.21. The average Bonchev–Trinajstić information content (AvgIpc) is 2.87. The molecule has 3 N–H and O–H groups in total. The number of aromatic hydroxyl groups is 2. The molecule has 0 saturated carbocycles. The SMILES string of the molecule is COCOc1cc([N+](=O)[O-])c(OCOC)c(CC(C)OC(=O)c2c(O)cc(O)c(Cl)c2CCC(=O)O)c1OC. The third-order valence-electron chi connectivity index (χ3n) is 5.24. The summed E-state index contributed by atoms with van der Waals surface area (Å²) in [6.45, 7) is 0.855. The number of phenolic OH excluding ortho intramolecular Hbond substituents is 2. The summed E-state index contributed by atoms with van der Waals surface area (Å²) in [5.74, 6) is -3.72. The Balaban J connectivity index is 2.52. The number of hydrogen-bond donors (Lipinski definition) is 3. The van der Waals surface area contributed by atoms with E-state index in [-0.39, 0.29) is 59.8 Å². The van der Waals surface area contributed by atoms with Gasteiger partial charge in [-0.05, 0) is 18.9 Å². The number of benzene rings is 2. The second-order valence-corrected chi connectivity index (χ2v) is 8.37. The standard InChI is InChI=1S/C24H28ClNO13/c1-12(39-24(31)20-13(5-6-19(29)30)21(25)17(28)9-16(20)27)7-14-22(38-11-35-3)15(26(32)33)8-18(23(14)36-4)37-10-34-2/h8-9,12,27-28H,5-7,10-11H2,1-4H3,(H,29,30). The molecule has 1 atom stereocenters. The molecule has 0 amide bonds. The van der Waals surface area contributed by atoms with E-state index < -0.39 is 52.1 Å². The summed E-state index contributed by atoms with van der Waals surface area (Å²) in [5.41, 5.74) is -0.932. The van der Waals surface area contributed by atoms with E-state index in [0.717, 1.165) is 12.1 Å². The van der Waals surface area contributed by atoms with Crippen molar-refractivity contribution in [2.75, 3.05) is 34.9 Å². The van der Waals surface area contributed by atoms with Crippen LogP contribution in [0.4, 0.5) is 5.69 Å². The zero-order chi connectivity index (χ0) is 29.3. The number of methoxy groups -OCH3 is 3. The molecule has 0 saturated heterocycles. The molecule has 0 spiro atoms. The van der Waals surface area contributed by atoms with Crippen molar-refractivity contribution in [3.63, 3.8) is 0 Å². The average molecular weight is 574 g/mol. The summed E-state index contributed by atoms with van der Waals surface area (Å²) in [6, 6.07) is 1.92. The number of carboxylic acids is 1. The van der Waals surface area contributed by atoms with Crippen LogP contribution >= 0.6 is 11.6 Å². The molecule has 2 rings (SSSR count). The number of halogens is 1. The van der Waals surface area contributed by atoms with E-state index >= 15 is 0 Å². The molecule has 0 aliphatic carbocycles. The second kappa shape index (κ2) is 14.2. The van der Waals surface area contributed by atoms with Crippen LogP contribution in [-0.2, 0) is 31.8 Å². The monoisotopic (exact) mass is 573 g/mol. The molecule has 15 heteroatoms. The number of nitrogens with zero attached hydrogens (tertiary/aromatic N) is 1. The lowest BCUT2D eigenvalue weighted by Crippen LogP contribution is -2.20. The summed E-state index contributed by atoms with van der Waals surface area (Å²) in [5, 5.41) is 40.8. The van der Waals surface area contributed by atoms with Crippen molar-refractivity contribution in [1.82, 2.24) is 0 Å². The van der Waals surface area contributed by atoms with E-state index in [1.165, 1.54) is 28.3 Å². The fourth-order valence-electron chi connectivity index (χ4n) is 3.66. The predicted molar refractivity (Wildman–Crippen MR) is 134 cm³/mol. The van der Waals surface area contributed by atoms with Crippen molar-refractivity contribution in [2.24, 2.45) is 0 Å². The molecule has 0 fully saturated rings. The fraction of sp³-hybridized carbons (Fsp3) is 0.417. The molecule has 0 bridgehead atoms. The van der Waals surface area contributed by atoms with Gasteiger partial charge in [0.1, 0.15) is 23.2 Å². The number of carbonyl (C=O) groups excluding carboxylic acids is 1. The smallest absolute Gasteiger partial charge is 0.342 e. The van der Waals surface area contributed by atoms with Crippen LogP contribution in [-0.4, -0.2) is 73.2 Å². The summed E-state index contributed by atoms with van der Waals surface area (Å²) in [6.07, 6.45) is -1.96. The van der Waals surface area contributed by atoms with Gasteiger partial charge in [0, 0.05) is 33.1 Å². The van der Waals surface area contributed by atoms with Crippen molar-refractivity contribution in [3.05, 3.63) is 44.0 Å². The van der Waals surface area contributed by atoms with Gasteiger partial charge < -0.3 is 43.7 Å². The first-order chi connectivity index (χ1) is 18.5. The molecule has 0 aliphatic heterocycles. The quantitative estimate of drug-likeness (QED) is 0.121. The molecule has 39 heavy (non-hydrogen) atoms. The number of nitro benzene ring substituents is 1. The van der Waals surface area contributed by atoms with E-state index in [4.69, 9.17) is 45.1 Å². The van der Waals surface area contributed by atoms with Gasteiger partial charge in [0.25, 0.3) is 0 Å². The van der Waals surface area contributed by atoms with Crippen molar-refractivity contribution >= 4 is 29.2 Å². The predicted octanol–water partition coefficient (Wildman–Crippen LogP) is 3.44. The van der Waals surface area contributed by atoms with Gasteiger partial charge >= 0.3 is 17.6 Å². The van der Waals surface area contributed by atoms with E-state index in [9.17, 15) is 29.9 Å². The molecule has 0 aromatic heterocycles. The highest BCUT2D eigenvalue weighted by molar-refractivity contribution is 6.33. The van der Waals surface area contributed by atoms with Crippen molar-refractivity contribution < 1.29 is 58.3 Å². The molecule has 1 unspecified atom stereocenters.